The number of β-amino-alcohol motifs (C(OH)–C–C–N with tert-alkyl or cyclic N) is 1. The van der Waals surface area contributed by atoms with Crippen molar-refractivity contribution in [2.45, 2.75) is 65.1 Å². The Morgan fingerprint density at radius 2 is 1.95 bits per heavy atom. The molecule has 202 valence electrons. The van der Waals surface area contributed by atoms with E-state index in [2.05, 4.69) is 10.3 Å². The molecule has 0 aliphatic carbocycles. The van der Waals surface area contributed by atoms with Gasteiger partial charge in [0, 0.05) is 19.4 Å². The van der Waals surface area contributed by atoms with Crippen LogP contribution in [0.5, 0.6) is 0 Å². The number of amides is 2. The Morgan fingerprint density at radius 1 is 1.24 bits per heavy atom. The molecule has 0 spiro atoms. The maximum absolute atomic E-state index is 13.5. The van der Waals surface area contributed by atoms with Crippen LogP contribution in [0.4, 0.5) is 0 Å². The molecule has 1 aromatic carbocycles. The summed E-state index contributed by atoms with van der Waals surface area (Å²) in [6.07, 6.45) is 0.140. The van der Waals surface area contributed by atoms with E-state index in [1.807, 2.05) is 57.5 Å². The number of nitrogens with one attached hydrogen (secondary N) is 1. The number of aromatic nitrogens is 1. The third kappa shape index (κ3) is 7.67. The number of thiazole rings is 1. The highest BCUT2D eigenvalue weighted by atomic mass is 32.1. The lowest BCUT2D eigenvalue weighted by Crippen LogP contribution is -2.57. The van der Waals surface area contributed by atoms with Gasteiger partial charge in [-0.2, -0.15) is 0 Å². The molecule has 3 atom stereocenters. The molecule has 1 fully saturated rings. The molecule has 0 saturated carbocycles. The first-order chi connectivity index (χ1) is 17.5. The van der Waals surface area contributed by atoms with Crippen LogP contribution in [0.2, 0.25) is 0 Å². The van der Waals surface area contributed by atoms with Crippen molar-refractivity contribution in [3.63, 3.8) is 0 Å². The number of nitrogens with zero attached hydrogens (tertiary/aromatic N) is 2. The van der Waals surface area contributed by atoms with E-state index in [9.17, 15) is 19.5 Å². The molecular weight excluding hydrogens is 494 g/mol. The molecule has 1 aliphatic heterocycles. The van der Waals surface area contributed by atoms with E-state index in [0.29, 0.717) is 6.42 Å². The van der Waals surface area contributed by atoms with Gasteiger partial charge < -0.3 is 25.2 Å². The smallest absolute Gasteiger partial charge is 0.246 e. The van der Waals surface area contributed by atoms with E-state index in [1.165, 1.54) is 4.90 Å². The zero-order chi connectivity index (χ0) is 27.2. The lowest BCUT2D eigenvalue weighted by molar-refractivity contribution is -0.144. The van der Waals surface area contributed by atoms with E-state index >= 15 is 0 Å². The van der Waals surface area contributed by atoms with E-state index < -0.39 is 35.4 Å². The zero-order valence-corrected chi connectivity index (χ0v) is 22.7. The molecule has 9 nitrogen and oxygen atoms in total. The first-order valence-electron chi connectivity index (χ1n) is 12.5. The van der Waals surface area contributed by atoms with Crippen molar-refractivity contribution in [2.75, 3.05) is 26.4 Å². The van der Waals surface area contributed by atoms with Crippen molar-refractivity contribution in [1.29, 1.82) is 0 Å². The summed E-state index contributed by atoms with van der Waals surface area (Å²) in [6, 6.07) is 6.40. The van der Waals surface area contributed by atoms with E-state index in [-0.39, 0.29) is 45.0 Å². The largest absolute Gasteiger partial charge is 0.394 e. The highest BCUT2D eigenvalue weighted by molar-refractivity contribution is 7.13. The fraction of sp³-hybridized carbons (Fsp3) is 0.556. The molecule has 0 unspecified atom stereocenters. The van der Waals surface area contributed by atoms with Gasteiger partial charge in [0.05, 0.1) is 41.4 Å². The number of carbonyl (C=O) groups is 3. The molecule has 1 aliphatic rings. The number of benzene rings is 1. The van der Waals surface area contributed by atoms with E-state index in [1.54, 1.807) is 11.3 Å². The Bertz CT molecular complexity index is 1080. The number of aryl methyl sites for hydroxylation is 2. The van der Waals surface area contributed by atoms with Crippen molar-refractivity contribution in [1.82, 2.24) is 15.2 Å². The molecule has 2 aromatic rings. The summed E-state index contributed by atoms with van der Waals surface area (Å²) >= 11 is 1.59. The highest BCUT2D eigenvalue weighted by Crippen LogP contribution is 2.29. The molecule has 3 rings (SSSR count). The van der Waals surface area contributed by atoms with Gasteiger partial charge in [0.15, 0.2) is 5.78 Å². The van der Waals surface area contributed by atoms with Gasteiger partial charge in [-0.15, -0.1) is 11.3 Å². The minimum Gasteiger partial charge on any atom is -0.394 e. The van der Waals surface area contributed by atoms with Gasteiger partial charge in [0.2, 0.25) is 11.8 Å². The second-order valence-corrected chi connectivity index (χ2v) is 11.3. The molecule has 1 saturated heterocycles. The van der Waals surface area contributed by atoms with E-state index in [4.69, 9.17) is 9.84 Å². The SMILES string of the molecule is Cc1ncsc1-c1ccc(CCC(=O)[C@@H]2C[C@@H](O)CN2C(=O)[C@@H](NC(=O)COCCO)C(C)(C)C)cc1. The van der Waals surface area contributed by atoms with Crippen LogP contribution < -0.4 is 5.32 Å². The van der Waals surface area contributed by atoms with Gasteiger partial charge in [0.1, 0.15) is 12.6 Å². The van der Waals surface area contributed by atoms with Crippen LogP contribution in [-0.4, -0.2) is 82.2 Å². The first-order valence-corrected chi connectivity index (χ1v) is 13.4. The molecule has 0 bridgehead atoms. The van der Waals surface area contributed by atoms with Crippen LogP contribution in [0.15, 0.2) is 29.8 Å². The quantitative estimate of drug-likeness (QED) is 0.379. The fourth-order valence-corrected chi connectivity index (χ4v) is 5.26. The summed E-state index contributed by atoms with van der Waals surface area (Å²) in [4.78, 5) is 45.9. The molecule has 2 heterocycles. The van der Waals surface area contributed by atoms with Crippen LogP contribution in [-0.2, 0) is 25.5 Å². The van der Waals surface area contributed by atoms with Crippen molar-refractivity contribution >= 4 is 28.9 Å². The highest BCUT2D eigenvalue weighted by Gasteiger charge is 2.44. The predicted molar refractivity (Wildman–Crippen MR) is 141 cm³/mol. The number of likely N-dealkylation sites (tertiary alicyclic amines) is 1. The van der Waals surface area contributed by atoms with Crippen molar-refractivity contribution < 1.29 is 29.3 Å². The van der Waals surface area contributed by atoms with Crippen molar-refractivity contribution in [2.24, 2.45) is 5.41 Å². The second-order valence-electron chi connectivity index (χ2n) is 10.5. The van der Waals surface area contributed by atoms with Crippen molar-refractivity contribution in [3.8, 4) is 10.4 Å². The topological polar surface area (TPSA) is 129 Å². The number of hydrogen-bond acceptors (Lipinski definition) is 8. The fourth-order valence-electron chi connectivity index (χ4n) is 4.45. The van der Waals surface area contributed by atoms with Crippen LogP contribution in [0, 0.1) is 12.3 Å². The zero-order valence-electron chi connectivity index (χ0n) is 21.9. The third-order valence-corrected chi connectivity index (χ3v) is 7.42. The summed E-state index contributed by atoms with van der Waals surface area (Å²) in [5, 5.41) is 21.9. The van der Waals surface area contributed by atoms with Gasteiger partial charge >= 0.3 is 0 Å². The third-order valence-electron chi connectivity index (χ3n) is 6.44. The van der Waals surface area contributed by atoms with Crippen LogP contribution in [0.3, 0.4) is 0 Å². The summed E-state index contributed by atoms with van der Waals surface area (Å²) in [7, 11) is 0. The summed E-state index contributed by atoms with van der Waals surface area (Å²) in [6.45, 7) is 7.02. The molecule has 3 N–H and O–H groups in total. The normalized spacial score (nSPS) is 18.6. The van der Waals surface area contributed by atoms with Crippen LogP contribution >= 0.6 is 11.3 Å². The summed E-state index contributed by atoms with van der Waals surface area (Å²) in [5.41, 5.74) is 4.27. The Kier molecular flexibility index (Phi) is 9.94. The van der Waals surface area contributed by atoms with Gasteiger partial charge in [-0.1, -0.05) is 45.0 Å². The Labute approximate surface area is 221 Å². The summed E-state index contributed by atoms with van der Waals surface area (Å²) in [5.74, 6) is -0.999. The molecule has 37 heavy (non-hydrogen) atoms. The Balaban J connectivity index is 1.65. The summed E-state index contributed by atoms with van der Waals surface area (Å²) < 4.78 is 5.06. The molecule has 0 radical (unpaired) electrons. The maximum atomic E-state index is 13.5. The number of ether oxygens (including phenoxy) is 1. The molecule has 1 aromatic heterocycles. The first kappa shape index (κ1) is 28.9. The number of aliphatic hydroxyl groups is 2. The van der Waals surface area contributed by atoms with Crippen LogP contribution in [0.1, 0.15) is 44.9 Å². The number of Topliss-reactive ketones (excluding diaryl/α,β-unsaturated/α-hetero) is 1. The molecule has 10 heteroatoms. The van der Waals surface area contributed by atoms with E-state index in [0.717, 1.165) is 21.7 Å². The number of hydrogen-bond donors (Lipinski definition) is 3. The lowest BCUT2D eigenvalue weighted by Gasteiger charge is -2.35. The van der Waals surface area contributed by atoms with Gasteiger partial charge in [-0.05, 0) is 29.9 Å². The second kappa shape index (κ2) is 12.7. The average Bonchev–Trinajstić information content (AvgIpc) is 3.46. The number of rotatable bonds is 11. The Morgan fingerprint density at radius 3 is 2.54 bits per heavy atom. The maximum Gasteiger partial charge on any atom is 0.246 e. The van der Waals surface area contributed by atoms with Crippen molar-refractivity contribution in [3.05, 3.63) is 41.0 Å². The van der Waals surface area contributed by atoms with Gasteiger partial charge in [-0.25, -0.2) is 4.98 Å². The minimum atomic E-state index is -0.902. The standard InChI is InChI=1S/C27H37N3O6S/c1-17-24(37-16-28-17)19-8-5-18(6-9-19)7-10-22(33)21-13-20(32)14-30(21)26(35)25(27(2,3)4)29-23(34)15-36-12-11-31/h5-6,8-9,16,20-21,25,31-32H,7,10-15H2,1-4H3,(H,29,34)/t20-,21+,25-/m1/s1. The number of ketones is 1. The minimum absolute atomic E-state index is 0.0179. The molecular formula is C27H37N3O6S. The Hall–Kier alpha value is -2.66. The van der Waals surface area contributed by atoms with Gasteiger partial charge in [0.25, 0.3) is 0 Å². The predicted octanol–water partition coefficient (Wildman–Crippen LogP) is 2.12. The monoisotopic (exact) mass is 531 g/mol. The average molecular weight is 532 g/mol. The number of carbonyl (C=O) groups excluding carboxylic acids is 3. The number of aliphatic hydroxyl groups excluding tert-OH is 2. The van der Waals surface area contributed by atoms with Crippen LogP contribution in [0.25, 0.3) is 10.4 Å². The lowest BCUT2D eigenvalue weighted by atomic mass is 9.85. The molecule has 2 amide bonds. The van der Waals surface area contributed by atoms with Gasteiger partial charge in [-0.3, -0.25) is 14.4 Å².